The highest BCUT2D eigenvalue weighted by molar-refractivity contribution is 6.30. The van der Waals surface area contributed by atoms with E-state index in [4.69, 9.17) is 27.9 Å². The highest BCUT2D eigenvalue weighted by Gasteiger charge is 2.17. The number of fused-ring (bicyclic) bond motifs is 1. The van der Waals surface area contributed by atoms with Crippen molar-refractivity contribution in [2.75, 3.05) is 12.5 Å². The number of rotatable bonds is 6. The van der Waals surface area contributed by atoms with E-state index in [-0.39, 0.29) is 0 Å². The first kappa shape index (κ1) is 14.0. The summed E-state index contributed by atoms with van der Waals surface area (Å²) in [6.45, 7) is 3.75. The molecule has 1 heterocycles. The molecule has 100 valence electrons. The zero-order chi connectivity index (χ0) is 13.0. The number of hydrogen-bond acceptors (Lipinski definition) is 2. The predicted molar refractivity (Wildman–Crippen MR) is 76.9 cm³/mol. The van der Waals surface area contributed by atoms with Gasteiger partial charge in [-0.05, 0) is 37.5 Å². The maximum Gasteiger partial charge on any atom is 0.127 e. The largest absolute Gasteiger partial charge is 0.493 e. The lowest BCUT2D eigenvalue weighted by Gasteiger charge is -2.15. The van der Waals surface area contributed by atoms with E-state index in [9.17, 15) is 0 Å². The number of halogens is 2. The summed E-state index contributed by atoms with van der Waals surface area (Å²) in [7, 11) is 0. The minimum Gasteiger partial charge on any atom is -0.493 e. The van der Waals surface area contributed by atoms with Crippen LogP contribution in [0.2, 0.25) is 5.02 Å². The SMILES string of the molecule is CC(CCCCl)NCc1cc(Cl)cc2c1OCC2. The van der Waals surface area contributed by atoms with Gasteiger partial charge in [0.25, 0.3) is 0 Å². The number of alkyl halides is 1. The van der Waals surface area contributed by atoms with Gasteiger partial charge in [-0.3, -0.25) is 0 Å². The number of nitrogens with one attached hydrogen (secondary N) is 1. The van der Waals surface area contributed by atoms with Crippen LogP contribution < -0.4 is 10.1 Å². The Labute approximate surface area is 119 Å². The minimum atomic E-state index is 0.458. The van der Waals surface area contributed by atoms with Crippen LogP contribution >= 0.6 is 23.2 Å². The van der Waals surface area contributed by atoms with Gasteiger partial charge in [-0.2, -0.15) is 0 Å². The van der Waals surface area contributed by atoms with Gasteiger partial charge in [0.1, 0.15) is 5.75 Å². The molecule has 1 aromatic rings. The molecule has 18 heavy (non-hydrogen) atoms. The van der Waals surface area contributed by atoms with Crippen molar-refractivity contribution in [1.82, 2.24) is 5.32 Å². The Balaban J connectivity index is 1.97. The molecule has 2 nitrogen and oxygen atoms in total. The van der Waals surface area contributed by atoms with Crippen molar-refractivity contribution < 1.29 is 4.74 Å². The average Bonchev–Trinajstić information content (AvgIpc) is 2.81. The summed E-state index contributed by atoms with van der Waals surface area (Å²) in [5.74, 6) is 1.75. The maximum atomic E-state index is 6.13. The molecular formula is C14H19Cl2NO. The predicted octanol–water partition coefficient (Wildman–Crippen LogP) is 3.77. The molecule has 0 spiro atoms. The lowest BCUT2D eigenvalue weighted by Crippen LogP contribution is -2.25. The Morgan fingerprint density at radius 2 is 2.28 bits per heavy atom. The summed E-state index contributed by atoms with van der Waals surface area (Å²) in [5.41, 5.74) is 2.39. The van der Waals surface area contributed by atoms with E-state index in [1.165, 1.54) is 5.56 Å². The van der Waals surface area contributed by atoms with Gasteiger partial charge < -0.3 is 10.1 Å². The molecule has 0 bridgehead atoms. The molecule has 4 heteroatoms. The lowest BCUT2D eigenvalue weighted by atomic mass is 10.1. The Morgan fingerprint density at radius 3 is 3.06 bits per heavy atom. The van der Waals surface area contributed by atoms with E-state index in [0.29, 0.717) is 6.04 Å². The third-order valence-corrected chi connectivity index (χ3v) is 3.72. The first-order valence-electron chi connectivity index (χ1n) is 6.44. The molecule has 1 aromatic carbocycles. The van der Waals surface area contributed by atoms with Gasteiger partial charge in [-0.1, -0.05) is 11.6 Å². The van der Waals surface area contributed by atoms with Crippen LogP contribution in [0, 0.1) is 0 Å². The van der Waals surface area contributed by atoms with Crippen molar-refractivity contribution in [2.45, 2.75) is 38.8 Å². The molecule has 0 amide bonds. The summed E-state index contributed by atoms with van der Waals surface area (Å²) in [5, 5.41) is 4.29. The standard InChI is InChI=1S/C14H19Cl2NO/c1-10(3-2-5-15)17-9-12-8-13(16)7-11-4-6-18-14(11)12/h7-8,10,17H,2-6,9H2,1H3. The molecule has 1 aliphatic heterocycles. The second-order valence-corrected chi connectivity index (χ2v) is 5.58. The van der Waals surface area contributed by atoms with Crippen molar-refractivity contribution in [3.05, 3.63) is 28.3 Å². The Morgan fingerprint density at radius 1 is 1.44 bits per heavy atom. The molecule has 0 aromatic heterocycles. The van der Waals surface area contributed by atoms with Crippen molar-refractivity contribution >= 4 is 23.2 Å². The van der Waals surface area contributed by atoms with Gasteiger partial charge in [0.15, 0.2) is 0 Å². The summed E-state index contributed by atoms with van der Waals surface area (Å²) in [4.78, 5) is 0. The number of hydrogen-bond donors (Lipinski definition) is 1. The van der Waals surface area contributed by atoms with E-state index in [0.717, 1.165) is 54.6 Å². The highest BCUT2D eigenvalue weighted by atomic mass is 35.5. The molecular weight excluding hydrogens is 269 g/mol. The molecule has 0 saturated carbocycles. The normalized spacial score (nSPS) is 15.3. The second kappa shape index (κ2) is 6.65. The summed E-state index contributed by atoms with van der Waals surface area (Å²) in [6.07, 6.45) is 3.09. The van der Waals surface area contributed by atoms with Crippen molar-refractivity contribution in [3.63, 3.8) is 0 Å². The van der Waals surface area contributed by atoms with Crippen LogP contribution in [0.15, 0.2) is 12.1 Å². The minimum absolute atomic E-state index is 0.458. The lowest BCUT2D eigenvalue weighted by molar-refractivity contribution is 0.351. The fraction of sp³-hybridized carbons (Fsp3) is 0.571. The van der Waals surface area contributed by atoms with Crippen LogP contribution in [0.5, 0.6) is 5.75 Å². The molecule has 1 atom stereocenters. The fourth-order valence-corrected chi connectivity index (χ4v) is 2.66. The van der Waals surface area contributed by atoms with Crippen LogP contribution in [0.25, 0.3) is 0 Å². The van der Waals surface area contributed by atoms with Gasteiger partial charge in [0.05, 0.1) is 6.61 Å². The average molecular weight is 288 g/mol. The number of benzene rings is 1. The Kier molecular flexibility index (Phi) is 5.16. The fourth-order valence-electron chi connectivity index (χ4n) is 2.25. The molecule has 0 aliphatic carbocycles. The summed E-state index contributed by atoms with van der Waals surface area (Å²) in [6, 6.07) is 4.46. The van der Waals surface area contributed by atoms with E-state index >= 15 is 0 Å². The third-order valence-electron chi connectivity index (χ3n) is 3.24. The molecule has 0 fully saturated rings. The number of ether oxygens (including phenoxy) is 1. The molecule has 1 unspecified atom stereocenters. The van der Waals surface area contributed by atoms with Crippen molar-refractivity contribution in [1.29, 1.82) is 0 Å². The van der Waals surface area contributed by atoms with Gasteiger partial charge in [0, 0.05) is 35.5 Å². The van der Waals surface area contributed by atoms with E-state index in [1.54, 1.807) is 0 Å². The summed E-state index contributed by atoms with van der Waals surface area (Å²) >= 11 is 11.8. The zero-order valence-electron chi connectivity index (χ0n) is 10.6. The van der Waals surface area contributed by atoms with E-state index in [2.05, 4.69) is 12.2 Å². The molecule has 2 rings (SSSR count). The second-order valence-electron chi connectivity index (χ2n) is 4.76. The van der Waals surface area contributed by atoms with Crippen LogP contribution in [0.1, 0.15) is 30.9 Å². The van der Waals surface area contributed by atoms with Crippen LogP contribution in [0.3, 0.4) is 0 Å². The molecule has 0 radical (unpaired) electrons. The van der Waals surface area contributed by atoms with Crippen LogP contribution in [-0.2, 0) is 13.0 Å². The highest BCUT2D eigenvalue weighted by Crippen LogP contribution is 2.32. The van der Waals surface area contributed by atoms with Gasteiger partial charge in [-0.15, -0.1) is 11.6 Å². The smallest absolute Gasteiger partial charge is 0.127 e. The van der Waals surface area contributed by atoms with Crippen LogP contribution in [0.4, 0.5) is 0 Å². The third kappa shape index (κ3) is 3.53. The van der Waals surface area contributed by atoms with E-state index < -0.39 is 0 Å². The molecule has 0 saturated heterocycles. The zero-order valence-corrected chi connectivity index (χ0v) is 12.2. The van der Waals surface area contributed by atoms with Gasteiger partial charge in [0.2, 0.25) is 0 Å². The van der Waals surface area contributed by atoms with Gasteiger partial charge >= 0.3 is 0 Å². The van der Waals surface area contributed by atoms with Crippen LogP contribution in [-0.4, -0.2) is 18.5 Å². The molecule has 1 aliphatic rings. The van der Waals surface area contributed by atoms with Crippen molar-refractivity contribution in [3.8, 4) is 5.75 Å². The molecule has 1 N–H and O–H groups in total. The van der Waals surface area contributed by atoms with E-state index in [1.807, 2.05) is 12.1 Å². The Hall–Kier alpha value is -0.440. The quantitative estimate of drug-likeness (QED) is 0.804. The van der Waals surface area contributed by atoms with Gasteiger partial charge in [-0.25, -0.2) is 0 Å². The Bertz CT molecular complexity index is 409. The van der Waals surface area contributed by atoms with Crippen molar-refractivity contribution in [2.24, 2.45) is 0 Å². The monoisotopic (exact) mass is 287 g/mol. The first-order valence-corrected chi connectivity index (χ1v) is 7.35. The maximum absolute atomic E-state index is 6.13. The summed E-state index contributed by atoms with van der Waals surface area (Å²) < 4.78 is 5.68. The topological polar surface area (TPSA) is 21.3 Å². The first-order chi connectivity index (χ1) is 8.70.